The molecule has 0 spiro atoms. The van der Waals surface area contributed by atoms with E-state index in [4.69, 9.17) is 5.73 Å². The molecule has 0 bridgehead atoms. The maximum atomic E-state index is 5.93. The molecule has 0 atom stereocenters. The normalized spacial score (nSPS) is 18.2. The predicted molar refractivity (Wildman–Crippen MR) is 69.5 cm³/mol. The first kappa shape index (κ1) is 12.7. The maximum absolute atomic E-state index is 5.93. The summed E-state index contributed by atoms with van der Waals surface area (Å²) in [5, 5.41) is 0. The monoisotopic (exact) mass is 229 g/mol. The van der Waals surface area contributed by atoms with Crippen LogP contribution >= 0.6 is 11.8 Å². The van der Waals surface area contributed by atoms with Crippen molar-refractivity contribution in [3.05, 3.63) is 0 Å². The number of rotatable bonds is 5. The quantitative estimate of drug-likeness (QED) is 0.445. The fourth-order valence-corrected chi connectivity index (χ4v) is 2.53. The number of guanidine groups is 1. The summed E-state index contributed by atoms with van der Waals surface area (Å²) in [7, 11) is 0. The summed E-state index contributed by atoms with van der Waals surface area (Å²) in [6, 6.07) is 0. The molecule has 1 aliphatic heterocycles. The Morgan fingerprint density at radius 1 is 1.27 bits per heavy atom. The van der Waals surface area contributed by atoms with Crippen LogP contribution in [0.2, 0.25) is 0 Å². The van der Waals surface area contributed by atoms with Crippen molar-refractivity contribution in [2.24, 2.45) is 10.7 Å². The van der Waals surface area contributed by atoms with Gasteiger partial charge in [0, 0.05) is 31.1 Å². The molecule has 3 nitrogen and oxygen atoms in total. The van der Waals surface area contributed by atoms with Crippen LogP contribution in [0.25, 0.3) is 0 Å². The number of aliphatic imine (C=N–C) groups is 1. The molecule has 0 saturated carbocycles. The summed E-state index contributed by atoms with van der Waals surface area (Å²) in [4.78, 5) is 6.64. The molecule has 0 radical (unpaired) electrons. The van der Waals surface area contributed by atoms with Crippen molar-refractivity contribution in [2.45, 2.75) is 32.6 Å². The second-order valence-corrected chi connectivity index (χ2v) is 5.12. The minimum Gasteiger partial charge on any atom is -0.370 e. The molecule has 1 aliphatic rings. The third-order valence-electron chi connectivity index (χ3n) is 2.62. The number of nitrogens with zero attached hydrogens (tertiary/aromatic N) is 2. The molecule has 15 heavy (non-hydrogen) atoms. The van der Waals surface area contributed by atoms with Gasteiger partial charge >= 0.3 is 0 Å². The molecule has 88 valence electrons. The Kier molecular flexibility index (Phi) is 6.64. The predicted octanol–water partition coefficient (Wildman–Crippen LogP) is 1.93. The van der Waals surface area contributed by atoms with Gasteiger partial charge in [0.05, 0.1) is 0 Å². The van der Waals surface area contributed by atoms with Gasteiger partial charge in [-0.05, 0) is 6.42 Å². The van der Waals surface area contributed by atoms with E-state index in [2.05, 4.69) is 16.8 Å². The lowest BCUT2D eigenvalue weighted by Crippen LogP contribution is -2.42. The third-order valence-corrected chi connectivity index (χ3v) is 3.56. The Labute approximate surface area is 97.5 Å². The highest BCUT2D eigenvalue weighted by Crippen LogP contribution is 2.08. The van der Waals surface area contributed by atoms with Gasteiger partial charge in [-0.25, -0.2) is 0 Å². The zero-order valence-electron chi connectivity index (χ0n) is 9.74. The molecule has 0 aliphatic carbocycles. The molecule has 1 rings (SSSR count). The number of thioether (sulfide) groups is 1. The number of unbranched alkanes of at least 4 members (excludes halogenated alkanes) is 3. The highest BCUT2D eigenvalue weighted by Gasteiger charge is 2.11. The van der Waals surface area contributed by atoms with Gasteiger partial charge < -0.3 is 10.6 Å². The van der Waals surface area contributed by atoms with E-state index in [0.717, 1.165) is 25.6 Å². The fourth-order valence-electron chi connectivity index (χ4n) is 1.62. The summed E-state index contributed by atoms with van der Waals surface area (Å²) in [6.07, 6.45) is 5.05. The number of nitrogens with two attached hydrogens (primary N) is 1. The molecule has 0 aromatic rings. The molecule has 1 heterocycles. The highest BCUT2D eigenvalue weighted by molar-refractivity contribution is 7.99. The van der Waals surface area contributed by atoms with E-state index < -0.39 is 0 Å². The molecule has 0 aromatic carbocycles. The van der Waals surface area contributed by atoms with Gasteiger partial charge in [0.1, 0.15) is 0 Å². The SMILES string of the molecule is CCCCCCN=C(N)N1CCSCC1. The summed E-state index contributed by atoms with van der Waals surface area (Å²) in [5.41, 5.74) is 5.93. The molecule has 1 fully saturated rings. The molecular weight excluding hydrogens is 206 g/mol. The molecule has 0 aromatic heterocycles. The minimum absolute atomic E-state index is 0.756. The summed E-state index contributed by atoms with van der Waals surface area (Å²) >= 11 is 2.00. The largest absolute Gasteiger partial charge is 0.370 e. The molecule has 1 saturated heterocycles. The van der Waals surface area contributed by atoms with Crippen LogP contribution in [0.5, 0.6) is 0 Å². The van der Waals surface area contributed by atoms with Crippen LogP contribution in [0.4, 0.5) is 0 Å². The highest BCUT2D eigenvalue weighted by atomic mass is 32.2. The van der Waals surface area contributed by atoms with Crippen molar-refractivity contribution in [3.8, 4) is 0 Å². The van der Waals surface area contributed by atoms with E-state index in [0.29, 0.717) is 0 Å². The molecule has 4 heteroatoms. The van der Waals surface area contributed by atoms with Gasteiger partial charge in [-0.2, -0.15) is 11.8 Å². The Hall–Kier alpha value is -0.380. The van der Waals surface area contributed by atoms with Crippen LogP contribution in [0, 0.1) is 0 Å². The van der Waals surface area contributed by atoms with Crippen molar-refractivity contribution in [3.63, 3.8) is 0 Å². The maximum Gasteiger partial charge on any atom is 0.191 e. The lowest BCUT2D eigenvalue weighted by molar-refractivity contribution is 0.455. The van der Waals surface area contributed by atoms with E-state index in [1.54, 1.807) is 0 Å². The van der Waals surface area contributed by atoms with Crippen LogP contribution < -0.4 is 5.73 Å². The second-order valence-electron chi connectivity index (χ2n) is 3.90. The van der Waals surface area contributed by atoms with Crippen molar-refractivity contribution >= 4 is 17.7 Å². The molecule has 2 N–H and O–H groups in total. The van der Waals surface area contributed by atoms with Crippen LogP contribution in [0.15, 0.2) is 4.99 Å². The number of hydrogen-bond acceptors (Lipinski definition) is 2. The lowest BCUT2D eigenvalue weighted by atomic mass is 10.2. The van der Waals surface area contributed by atoms with Crippen LogP contribution in [0.3, 0.4) is 0 Å². The third kappa shape index (κ3) is 5.30. The van der Waals surface area contributed by atoms with E-state index in [9.17, 15) is 0 Å². The first-order valence-electron chi connectivity index (χ1n) is 5.97. The zero-order valence-corrected chi connectivity index (χ0v) is 10.6. The summed E-state index contributed by atoms with van der Waals surface area (Å²) in [6.45, 7) is 5.25. The van der Waals surface area contributed by atoms with E-state index >= 15 is 0 Å². The zero-order chi connectivity index (χ0) is 10.9. The fraction of sp³-hybridized carbons (Fsp3) is 0.909. The minimum atomic E-state index is 0.756. The summed E-state index contributed by atoms with van der Waals surface area (Å²) in [5.74, 6) is 3.13. The van der Waals surface area contributed by atoms with Gasteiger partial charge in [0.25, 0.3) is 0 Å². The van der Waals surface area contributed by atoms with Gasteiger partial charge in [-0.3, -0.25) is 4.99 Å². The Morgan fingerprint density at radius 2 is 2.00 bits per heavy atom. The topological polar surface area (TPSA) is 41.6 Å². The van der Waals surface area contributed by atoms with Crippen LogP contribution in [0.1, 0.15) is 32.6 Å². The summed E-state index contributed by atoms with van der Waals surface area (Å²) < 4.78 is 0. The van der Waals surface area contributed by atoms with Crippen molar-refractivity contribution in [1.82, 2.24) is 4.90 Å². The van der Waals surface area contributed by atoms with E-state index in [-0.39, 0.29) is 0 Å². The Balaban J connectivity index is 2.13. The van der Waals surface area contributed by atoms with Gasteiger partial charge in [-0.1, -0.05) is 26.2 Å². The Bertz CT molecular complexity index is 188. The van der Waals surface area contributed by atoms with Gasteiger partial charge in [-0.15, -0.1) is 0 Å². The first-order valence-corrected chi connectivity index (χ1v) is 7.12. The molecule has 0 unspecified atom stereocenters. The van der Waals surface area contributed by atoms with E-state index in [1.165, 1.54) is 37.2 Å². The van der Waals surface area contributed by atoms with E-state index in [1.807, 2.05) is 11.8 Å². The first-order chi connectivity index (χ1) is 7.34. The average Bonchev–Trinajstić information content (AvgIpc) is 2.30. The van der Waals surface area contributed by atoms with Gasteiger partial charge in [0.2, 0.25) is 0 Å². The Morgan fingerprint density at radius 3 is 2.67 bits per heavy atom. The second kappa shape index (κ2) is 7.85. The molecular formula is C11H23N3S. The van der Waals surface area contributed by atoms with Crippen LogP contribution in [-0.4, -0.2) is 42.0 Å². The van der Waals surface area contributed by atoms with Crippen molar-refractivity contribution in [1.29, 1.82) is 0 Å². The van der Waals surface area contributed by atoms with Crippen LogP contribution in [-0.2, 0) is 0 Å². The van der Waals surface area contributed by atoms with Gasteiger partial charge in [0.15, 0.2) is 5.96 Å². The molecule has 0 amide bonds. The lowest BCUT2D eigenvalue weighted by Gasteiger charge is -2.27. The van der Waals surface area contributed by atoms with Crippen molar-refractivity contribution < 1.29 is 0 Å². The standard InChI is InChI=1S/C11H23N3S/c1-2-3-4-5-6-13-11(12)14-7-9-15-10-8-14/h2-10H2,1H3,(H2,12,13). The average molecular weight is 229 g/mol. The van der Waals surface area contributed by atoms with Crippen molar-refractivity contribution in [2.75, 3.05) is 31.1 Å². The smallest absolute Gasteiger partial charge is 0.191 e. The number of hydrogen-bond donors (Lipinski definition) is 1.